The predicted octanol–water partition coefficient (Wildman–Crippen LogP) is 3.98. The summed E-state index contributed by atoms with van der Waals surface area (Å²) >= 11 is 0. The maximum atomic E-state index is 12.0. The summed E-state index contributed by atoms with van der Waals surface area (Å²) in [7, 11) is 0. The monoisotopic (exact) mass is 268 g/mol. The first-order chi connectivity index (χ1) is 9.50. The van der Waals surface area contributed by atoms with Gasteiger partial charge in [0, 0.05) is 35.4 Å². The van der Waals surface area contributed by atoms with Gasteiger partial charge in [-0.05, 0) is 63.6 Å². The third kappa shape index (κ3) is 2.87. The van der Waals surface area contributed by atoms with Crippen LogP contribution in [0.15, 0.2) is 36.7 Å². The second-order valence-corrected chi connectivity index (χ2v) is 5.23. The zero-order chi connectivity index (χ0) is 14.7. The Morgan fingerprint density at radius 1 is 1.35 bits per heavy atom. The molecule has 0 unspecified atom stereocenters. The summed E-state index contributed by atoms with van der Waals surface area (Å²) < 4.78 is 2.27. The molecule has 0 aromatic carbocycles. The Labute approximate surface area is 120 Å². The van der Waals surface area contributed by atoms with Gasteiger partial charge >= 0.3 is 0 Å². The molecule has 0 bridgehead atoms. The minimum absolute atomic E-state index is 0.0209. The van der Waals surface area contributed by atoms with Crippen molar-refractivity contribution in [3.8, 4) is 0 Å². The highest BCUT2D eigenvalue weighted by molar-refractivity contribution is 6.06. The first-order valence-electron chi connectivity index (χ1n) is 6.81. The number of rotatable bonds is 4. The van der Waals surface area contributed by atoms with E-state index in [2.05, 4.69) is 43.3 Å². The van der Waals surface area contributed by atoms with E-state index in [0.29, 0.717) is 11.6 Å². The number of ketones is 1. The quantitative estimate of drug-likeness (QED) is 0.621. The number of aromatic nitrogens is 2. The molecule has 0 atom stereocenters. The van der Waals surface area contributed by atoms with E-state index in [1.807, 2.05) is 6.08 Å². The van der Waals surface area contributed by atoms with Gasteiger partial charge in [0.2, 0.25) is 0 Å². The molecule has 0 saturated carbocycles. The molecule has 20 heavy (non-hydrogen) atoms. The van der Waals surface area contributed by atoms with Crippen molar-refractivity contribution in [3.05, 3.63) is 59.2 Å². The Morgan fingerprint density at radius 3 is 2.65 bits per heavy atom. The molecule has 0 aliphatic carbocycles. The fourth-order valence-electron chi connectivity index (χ4n) is 2.54. The summed E-state index contributed by atoms with van der Waals surface area (Å²) in [5.74, 6) is -0.0209. The van der Waals surface area contributed by atoms with Crippen LogP contribution in [-0.4, -0.2) is 15.3 Å². The molecule has 0 aliphatic heterocycles. The lowest BCUT2D eigenvalue weighted by atomic mass is 10.1. The lowest BCUT2D eigenvalue weighted by Crippen LogP contribution is -2.04. The fraction of sp³-hybridized carbons (Fsp3) is 0.294. The van der Waals surface area contributed by atoms with Gasteiger partial charge in [-0.15, -0.1) is 0 Å². The highest BCUT2D eigenvalue weighted by atomic mass is 16.1. The van der Waals surface area contributed by atoms with Gasteiger partial charge in [0.1, 0.15) is 0 Å². The molecule has 0 saturated heterocycles. The maximum absolute atomic E-state index is 12.0. The maximum Gasteiger partial charge on any atom is 0.187 e. The van der Waals surface area contributed by atoms with E-state index in [-0.39, 0.29) is 5.78 Å². The molecule has 3 nitrogen and oxygen atoms in total. The van der Waals surface area contributed by atoms with Crippen LogP contribution >= 0.6 is 0 Å². The molecule has 0 radical (unpaired) electrons. The van der Waals surface area contributed by atoms with Crippen LogP contribution in [0.4, 0.5) is 0 Å². The molecule has 0 N–H and O–H groups in total. The van der Waals surface area contributed by atoms with Gasteiger partial charge in [-0.2, -0.15) is 0 Å². The number of allylic oxidation sites excluding steroid dienone is 1. The zero-order valence-corrected chi connectivity index (χ0v) is 12.4. The van der Waals surface area contributed by atoms with Gasteiger partial charge in [-0.25, -0.2) is 0 Å². The Balaban J connectivity index is 2.25. The lowest BCUT2D eigenvalue weighted by Gasteiger charge is -2.13. The van der Waals surface area contributed by atoms with Gasteiger partial charge in [-0.3, -0.25) is 9.78 Å². The van der Waals surface area contributed by atoms with Crippen LogP contribution in [0.25, 0.3) is 6.08 Å². The van der Waals surface area contributed by atoms with Gasteiger partial charge in [0.25, 0.3) is 0 Å². The van der Waals surface area contributed by atoms with E-state index in [0.717, 1.165) is 5.56 Å². The molecule has 2 aromatic heterocycles. The van der Waals surface area contributed by atoms with E-state index in [4.69, 9.17) is 0 Å². The van der Waals surface area contributed by atoms with Crippen molar-refractivity contribution in [2.24, 2.45) is 0 Å². The third-order valence-electron chi connectivity index (χ3n) is 3.40. The van der Waals surface area contributed by atoms with Crippen LogP contribution in [0.5, 0.6) is 0 Å². The molecular weight excluding hydrogens is 248 g/mol. The number of aryl methyl sites for hydroxylation is 1. The molecule has 0 spiro atoms. The first kappa shape index (κ1) is 14.3. The van der Waals surface area contributed by atoms with E-state index >= 15 is 0 Å². The Bertz CT molecular complexity index is 637. The minimum Gasteiger partial charge on any atom is -0.346 e. The van der Waals surface area contributed by atoms with Crippen molar-refractivity contribution in [1.82, 2.24) is 9.55 Å². The summed E-state index contributed by atoms with van der Waals surface area (Å²) in [5.41, 5.74) is 4.11. The smallest absolute Gasteiger partial charge is 0.187 e. The number of carbonyl (C=O) groups is 1. The third-order valence-corrected chi connectivity index (χ3v) is 3.40. The van der Waals surface area contributed by atoms with Crippen LogP contribution < -0.4 is 0 Å². The Hall–Kier alpha value is -2.16. The van der Waals surface area contributed by atoms with E-state index < -0.39 is 0 Å². The topological polar surface area (TPSA) is 34.9 Å². The average Bonchev–Trinajstić information content (AvgIpc) is 2.71. The van der Waals surface area contributed by atoms with Gasteiger partial charge in [0.05, 0.1) is 0 Å². The fourth-order valence-corrected chi connectivity index (χ4v) is 2.54. The van der Waals surface area contributed by atoms with Crippen molar-refractivity contribution >= 4 is 11.9 Å². The second-order valence-electron chi connectivity index (χ2n) is 5.23. The molecule has 3 heteroatoms. The summed E-state index contributed by atoms with van der Waals surface area (Å²) in [6.07, 6.45) is 6.75. The average molecular weight is 268 g/mol. The van der Waals surface area contributed by atoms with Crippen molar-refractivity contribution in [1.29, 1.82) is 0 Å². The van der Waals surface area contributed by atoms with Gasteiger partial charge in [-0.1, -0.05) is 0 Å². The molecule has 0 amide bonds. The van der Waals surface area contributed by atoms with Crippen LogP contribution in [0.2, 0.25) is 0 Å². The molecule has 2 heterocycles. The molecular formula is C17H20N2O. The first-order valence-corrected chi connectivity index (χ1v) is 6.81. The molecule has 104 valence electrons. The Kier molecular flexibility index (Phi) is 4.18. The van der Waals surface area contributed by atoms with Crippen molar-refractivity contribution < 1.29 is 4.79 Å². The summed E-state index contributed by atoms with van der Waals surface area (Å²) in [6, 6.07) is 6.08. The van der Waals surface area contributed by atoms with Crippen LogP contribution in [-0.2, 0) is 0 Å². The number of nitrogens with zero attached hydrogens (tertiary/aromatic N) is 2. The van der Waals surface area contributed by atoms with Crippen molar-refractivity contribution in [3.63, 3.8) is 0 Å². The van der Waals surface area contributed by atoms with Crippen molar-refractivity contribution in [2.75, 3.05) is 0 Å². The van der Waals surface area contributed by atoms with Crippen LogP contribution in [0.1, 0.15) is 47.2 Å². The standard InChI is InChI=1S/C17H20N2O/c1-12(2)19-13(3)10-15(14(19)4)7-8-17(20)16-6-5-9-18-11-16/h5-12H,1-4H3/b8-7+. The largest absolute Gasteiger partial charge is 0.346 e. The lowest BCUT2D eigenvalue weighted by molar-refractivity contribution is 0.104. The highest BCUT2D eigenvalue weighted by Gasteiger charge is 2.09. The number of hydrogen-bond acceptors (Lipinski definition) is 2. The van der Waals surface area contributed by atoms with E-state index in [1.165, 1.54) is 11.4 Å². The van der Waals surface area contributed by atoms with Gasteiger partial charge < -0.3 is 4.57 Å². The predicted molar refractivity (Wildman–Crippen MR) is 81.9 cm³/mol. The highest BCUT2D eigenvalue weighted by Crippen LogP contribution is 2.21. The summed E-state index contributed by atoms with van der Waals surface area (Å²) in [4.78, 5) is 16.0. The normalized spacial score (nSPS) is 11.4. The zero-order valence-electron chi connectivity index (χ0n) is 12.4. The summed E-state index contributed by atoms with van der Waals surface area (Å²) in [6.45, 7) is 8.50. The minimum atomic E-state index is -0.0209. The molecule has 2 aromatic rings. The summed E-state index contributed by atoms with van der Waals surface area (Å²) in [5, 5.41) is 0. The Morgan fingerprint density at radius 2 is 2.10 bits per heavy atom. The molecule has 0 aliphatic rings. The van der Waals surface area contributed by atoms with E-state index in [1.54, 1.807) is 30.6 Å². The second kappa shape index (κ2) is 5.87. The number of hydrogen-bond donors (Lipinski definition) is 0. The SMILES string of the molecule is Cc1cc(/C=C/C(=O)c2cccnc2)c(C)n1C(C)C. The van der Waals surface area contributed by atoms with Crippen LogP contribution in [0.3, 0.4) is 0 Å². The number of carbonyl (C=O) groups excluding carboxylic acids is 1. The van der Waals surface area contributed by atoms with Gasteiger partial charge in [0.15, 0.2) is 5.78 Å². The van der Waals surface area contributed by atoms with Crippen molar-refractivity contribution in [2.45, 2.75) is 33.7 Å². The van der Waals surface area contributed by atoms with Crippen LogP contribution in [0, 0.1) is 13.8 Å². The van der Waals surface area contributed by atoms with E-state index in [9.17, 15) is 4.79 Å². The molecule has 2 rings (SSSR count). The molecule has 0 fully saturated rings. The number of pyridine rings is 1.